The Kier molecular flexibility index (Phi) is 4.39. The van der Waals surface area contributed by atoms with Gasteiger partial charge in [0.25, 0.3) is 0 Å². The molecular weight excluding hydrogens is 350 g/mol. The number of rotatable bonds is 3. The third kappa shape index (κ3) is 3.30. The van der Waals surface area contributed by atoms with Crippen LogP contribution in [0, 0.1) is 17.6 Å². The normalized spacial score (nSPS) is 16.2. The summed E-state index contributed by atoms with van der Waals surface area (Å²) in [6.45, 7) is 0. The number of nitrogens with zero attached hydrogens (tertiary/aromatic N) is 2. The van der Waals surface area contributed by atoms with Crippen LogP contribution in [0.25, 0.3) is 11.3 Å². The minimum atomic E-state index is -1.04. The number of carbonyl (C=O) groups excluding carboxylic acids is 1. The number of ketones is 1. The smallest absolute Gasteiger partial charge is 0.187 e. The fraction of sp³-hybridized carbons (Fsp3) is 0.190. The number of Topliss-reactive ketones (excluding diaryl/α,β-unsaturated/α-hetero) is 1. The summed E-state index contributed by atoms with van der Waals surface area (Å²) in [6, 6.07) is 9.11. The second kappa shape index (κ2) is 6.87. The number of hydrogen-bond acceptors (Lipinski definition) is 4. The third-order valence-electron chi connectivity index (χ3n) is 4.88. The molecule has 4 rings (SSSR count). The first-order chi connectivity index (χ1) is 13.0. The second-order valence-corrected chi connectivity index (χ2v) is 6.64. The number of fused-ring (bicyclic) bond motifs is 1. The van der Waals surface area contributed by atoms with E-state index in [0.717, 1.165) is 17.7 Å². The van der Waals surface area contributed by atoms with Gasteiger partial charge in [0.1, 0.15) is 0 Å². The first-order valence-electron chi connectivity index (χ1n) is 8.64. The monoisotopic (exact) mass is 366 g/mol. The van der Waals surface area contributed by atoms with Crippen LogP contribution in [-0.2, 0) is 12.8 Å². The number of carbonyl (C=O) groups is 1. The second-order valence-electron chi connectivity index (χ2n) is 6.64. The highest BCUT2D eigenvalue weighted by atomic mass is 19.1. The molecule has 136 valence electrons. The van der Waals surface area contributed by atoms with E-state index < -0.39 is 17.4 Å². The molecule has 3 aromatic rings. The van der Waals surface area contributed by atoms with E-state index >= 15 is 0 Å². The van der Waals surface area contributed by atoms with Crippen molar-refractivity contribution in [2.45, 2.75) is 19.3 Å². The first kappa shape index (κ1) is 17.3. The molecule has 0 aliphatic heterocycles. The zero-order valence-corrected chi connectivity index (χ0v) is 14.3. The zero-order valence-electron chi connectivity index (χ0n) is 14.3. The highest BCUT2D eigenvalue weighted by Gasteiger charge is 2.28. The molecule has 1 unspecified atom stereocenters. The molecule has 0 bridgehead atoms. The van der Waals surface area contributed by atoms with Gasteiger partial charge >= 0.3 is 0 Å². The van der Waals surface area contributed by atoms with Crippen molar-refractivity contribution < 1.29 is 18.7 Å². The number of aromatic nitrogens is 2. The van der Waals surface area contributed by atoms with Gasteiger partial charge in [-0.15, -0.1) is 0 Å². The van der Waals surface area contributed by atoms with Crippen molar-refractivity contribution in [2.24, 2.45) is 5.92 Å². The number of phenolic OH excluding ortho intramolecular Hbond substituents is 1. The van der Waals surface area contributed by atoms with Crippen molar-refractivity contribution in [1.82, 2.24) is 9.97 Å². The Bertz CT molecular complexity index is 999. The van der Waals surface area contributed by atoms with Gasteiger partial charge in [0.2, 0.25) is 0 Å². The highest BCUT2D eigenvalue weighted by molar-refractivity contribution is 6.00. The molecule has 1 aliphatic rings. The quantitative estimate of drug-likeness (QED) is 0.758. The summed E-state index contributed by atoms with van der Waals surface area (Å²) in [5, 5.41) is 9.24. The summed E-state index contributed by atoms with van der Waals surface area (Å²) in [6.07, 6.45) is 5.36. The number of aryl methyl sites for hydroxylation is 1. The van der Waals surface area contributed by atoms with Crippen molar-refractivity contribution >= 4 is 5.78 Å². The van der Waals surface area contributed by atoms with E-state index in [9.17, 15) is 18.7 Å². The molecule has 1 aromatic carbocycles. The maximum atomic E-state index is 13.6. The summed E-state index contributed by atoms with van der Waals surface area (Å²) in [7, 11) is 0. The van der Waals surface area contributed by atoms with E-state index in [-0.39, 0.29) is 17.3 Å². The van der Waals surface area contributed by atoms with Crippen LogP contribution in [0.2, 0.25) is 0 Å². The highest BCUT2D eigenvalue weighted by Crippen LogP contribution is 2.31. The Hall–Kier alpha value is -3.15. The number of benzene rings is 1. The van der Waals surface area contributed by atoms with Crippen LogP contribution >= 0.6 is 0 Å². The van der Waals surface area contributed by atoms with Gasteiger partial charge in [-0.1, -0.05) is 0 Å². The molecule has 2 heterocycles. The molecule has 2 aromatic heterocycles. The molecule has 1 aliphatic carbocycles. The first-order valence-corrected chi connectivity index (χ1v) is 8.64. The minimum absolute atomic E-state index is 0.0372. The average molecular weight is 366 g/mol. The molecule has 0 fully saturated rings. The number of aromatic hydroxyl groups is 1. The molecule has 27 heavy (non-hydrogen) atoms. The molecule has 0 spiro atoms. The van der Waals surface area contributed by atoms with Crippen molar-refractivity contribution in [3.63, 3.8) is 0 Å². The molecule has 0 saturated heterocycles. The molecule has 0 amide bonds. The van der Waals surface area contributed by atoms with Gasteiger partial charge < -0.3 is 5.11 Å². The summed E-state index contributed by atoms with van der Waals surface area (Å²) >= 11 is 0. The van der Waals surface area contributed by atoms with Crippen molar-refractivity contribution in [3.05, 3.63) is 77.2 Å². The van der Waals surface area contributed by atoms with Crippen molar-refractivity contribution in [1.29, 1.82) is 0 Å². The lowest BCUT2D eigenvalue weighted by molar-refractivity contribution is 0.0900. The Balaban J connectivity index is 1.62. The summed E-state index contributed by atoms with van der Waals surface area (Å²) in [5.74, 6) is -3.17. The van der Waals surface area contributed by atoms with E-state index in [1.807, 2.05) is 12.1 Å². The summed E-state index contributed by atoms with van der Waals surface area (Å²) in [4.78, 5) is 21.2. The Morgan fingerprint density at radius 2 is 1.78 bits per heavy atom. The molecule has 1 atom stereocenters. The number of pyridine rings is 2. The van der Waals surface area contributed by atoms with Gasteiger partial charge in [0.05, 0.1) is 11.4 Å². The predicted molar refractivity (Wildman–Crippen MR) is 95.3 cm³/mol. The molecule has 1 N–H and O–H groups in total. The van der Waals surface area contributed by atoms with Crippen molar-refractivity contribution in [2.75, 3.05) is 0 Å². The van der Waals surface area contributed by atoms with E-state index in [4.69, 9.17) is 0 Å². The van der Waals surface area contributed by atoms with Gasteiger partial charge in [-0.25, -0.2) is 8.78 Å². The lowest BCUT2D eigenvalue weighted by atomic mass is 9.81. The molecule has 0 radical (unpaired) electrons. The lowest BCUT2D eigenvalue weighted by Crippen LogP contribution is -2.25. The van der Waals surface area contributed by atoms with Crippen LogP contribution < -0.4 is 0 Å². The van der Waals surface area contributed by atoms with Crippen LogP contribution in [0.5, 0.6) is 5.75 Å². The van der Waals surface area contributed by atoms with Gasteiger partial charge in [0.15, 0.2) is 23.2 Å². The lowest BCUT2D eigenvalue weighted by Gasteiger charge is -2.23. The molecule has 6 heteroatoms. The number of hydrogen-bond donors (Lipinski definition) is 1. The van der Waals surface area contributed by atoms with E-state index in [1.165, 1.54) is 0 Å². The molecule has 4 nitrogen and oxygen atoms in total. The summed E-state index contributed by atoms with van der Waals surface area (Å²) in [5.41, 5.74) is 2.84. The van der Waals surface area contributed by atoms with E-state index in [2.05, 4.69) is 9.97 Å². The van der Waals surface area contributed by atoms with Crippen LogP contribution in [0.4, 0.5) is 8.78 Å². The van der Waals surface area contributed by atoms with Crippen LogP contribution in [-0.4, -0.2) is 20.9 Å². The average Bonchev–Trinajstić information content (AvgIpc) is 2.68. The van der Waals surface area contributed by atoms with Crippen LogP contribution in [0.15, 0.2) is 48.8 Å². The SMILES string of the molecule is O=C1c2ccc(-c3cc(F)c(O)c(F)c3)nc2CCC1Cc1ccncc1. The third-order valence-corrected chi connectivity index (χ3v) is 4.88. The number of phenols is 1. The van der Waals surface area contributed by atoms with Crippen LogP contribution in [0.1, 0.15) is 28.0 Å². The van der Waals surface area contributed by atoms with E-state index in [1.54, 1.807) is 24.5 Å². The zero-order chi connectivity index (χ0) is 19.0. The topological polar surface area (TPSA) is 63.1 Å². The Morgan fingerprint density at radius 3 is 2.48 bits per heavy atom. The Morgan fingerprint density at radius 1 is 1.07 bits per heavy atom. The molecular formula is C21H16F2N2O2. The van der Waals surface area contributed by atoms with E-state index in [0.29, 0.717) is 36.2 Å². The fourth-order valence-corrected chi connectivity index (χ4v) is 3.45. The predicted octanol–water partition coefficient (Wildman–Crippen LogP) is 4.12. The van der Waals surface area contributed by atoms with Gasteiger partial charge in [0, 0.05) is 29.4 Å². The fourth-order valence-electron chi connectivity index (χ4n) is 3.45. The maximum absolute atomic E-state index is 13.6. The van der Waals surface area contributed by atoms with Crippen LogP contribution in [0.3, 0.4) is 0 Å². The summed E-state index contributed by atoms with van der Waals surface area (Å²) < 4.78 is 27.2. The van der Waals surface area contributed by atoms with Gasteiger partial charge in [-0.3, -0.25) is 14.8 Å². The Labute approximate surface area is 154 Å². The molecule has 0 saturated carbocycles. The minimum Gasteiger partial charge on any atom is -0.503 e. The van der Waals surface area contributed by atoms with Gasteiger partial charge in [-0.05, 0) is 61.2 Å². The standard InChI is InChI=1S/C21H16F2N2O2/c22-16-10-14(11-17(23)21(16)27)18-4-2-15-19(25-18)3-1-13(20(15)26)9-12-5-7-24-8-6-12/h2,4-8,10-11,13,27H,1,3,9H2. The van der Waals surface area contributed by atoms with Crippen molar-refractivity contribution in [3.8, 4) is 17.0 Å². The maximum Gasteiger partial charge on any atom is 0.187 e. The largest absolute Gasteiger partial charge is 0.503 e. The van der Waals surface area contributed by atoms with Gasteiger partial charge in [-0.2, -0.15) is 0 Å². The number of halogens is 2.